The molecule has 142 valence electrons. The number of rotatable bonds is 6. The Labute approximate surface area is 161 Å². The van der Waals surface area contributed by atoms with E-state index in [4.69, 9.17) is 22.1 Å². The van der Waals surface area contributed by atoms with Crippen LogP contribution < -0.4 is 26.6 Å². The van der Waals surface area contributed by atoms with Gasteiger partial charge in [-0.15, -0.1) is 0 Å². The molecule has 2 aromatic rings. The SMILES string of the molecule is CC(NC(N)=O)C(=O)NNC(=O)c1ccc(COc2ccc(Cl)cc2)cc1. The lowest BCUT2D eigenvalue weighted by molar-refractivity contribution is -0.123. The summed E-state index contributed by atoms with van der Waals surface area (Å²) in [4.78, 5) is 34.4. The van der Waals surface area contributed by atoms with Crippen LogP contribution in [-0.2, 0) is 11.4 Å². The van der Waals surface area contributed by atoms with Crippen molar-refractivity contribution in [3.63, 3.8) is 0 Å². The number of amides is 4. The van der Waals surface area contributed by atoms with Crippen molar-refractivity contribution < 1.29 is 19.1 Å². The lowest BCUT2D eigenvalue weighted by Crippen LogP contribution is -2.52. The molecular weight excluding hydrogens is 372 g/mol. The van der Waals surface area contributed by atoms with E-state index >= 15 is 0 Å². The summed E-state index contributed by atoms with van der Waals surface area (Å²) < 4.78 is 5.62. The first-order chi connectivity index (χ1) is 12.8. The first kappa shape index (κ1) is 20.1. The summed E-state index contributed by atoms with van der Waals surface area (Å²) in [5, 5.41) is 2.83. The fourth-order valence-corrected chi connectivity index (χ4v) is 2.15. The van der Waals surface area contributed by atoms with Crippen molar-refractivity contribution >= 4 is 29.4 Å². The second-order valence-corrected chi connectivity index (χ2v) is 6.05. The normalized spacial score (nSPS) is 11.2. The second-order valence-electron chi connectivity index (χ2n) is 5.61. The van der Waals surface area contributed by atoms with E-state index in [1.165, 1.54) is 6.92 Å². The van der Waals surface area contributed by atoms with Crippen LogP contribution in [0.3, 0.4) is 0 Å². The van der Waals surface area contributed by atoms with E-state index in [0.717, 1.165) is 5.56 Å². The maximum atomic E-state index is 12.0. The Morgan fingerprint density at radius 1 is 1.04 bits per heavy atom. The van der Waals surface area contributed by atoms with Gasteiger partial charge in [0.15, 0.2) is 0 Å². The molecule has 0 radical (unpaired) electrons. The number of carbonyl (C=O) groups is 3. The van der Waals surface area contributed by atoms with Crippen LogP contribution in [0.2, 0.25) is 5.02 Å². The molecule has 0 spiro atoms. The predicted octanol–water partition coefficient (Wildman–Crippen LogP) is 1.74. The molecule has 0 fully saturated rings. The number of primary amides is 1. The van der Waals surface area contributed by atoms with E-state index in [9.17, 15) is 14.4 Å². The maximum Gasteiger partial charge on any atom is 0.312 e. The summed E-state index contributed by atoms with van der Waals surface area (Å²) in [5.74, 6) is -0.419. The number of nitrogens with two attached hydrogens (primary N) is 1. The van der Waals surface area contributed by atoms with Crippen molar-refractivity contribution in [2.24, 2.45) is 5.73 Å². The number of ether oxygens (including phenoxy) is 1. The van der Waals surface area contributed by atoms with Gasteiger partial charge in [0.2, 0.25) is 0 Å². The minimum absolute atomic E-state index is 0.330. The average Bonchev–Trinajstić information content (AvgIpc) is 2.65. The maximum absolute atomic E-state index is 12.0. The van der Waals surface area contributed by atoms with Crippen molar-refractivity contribution in [1.82, 2.24) is 16.2 Å². The van der Waals surface area contributed by atoms with Gasteiger partial charge in [-0.25, -0.2) is 4.79 Å². The lowest BCUT2D eigenvalue weighted by atomic mass is 10.1. The van der Waals surface area contributed by atoms with Crippen molar-refractivity contribution in [1.29, 1.82) is 0 Å². The van der Waals surface area contributed by atoms with Gasteiger partial charge in [0.25, 0.3) is 11.8 Å². The topological polar surface area (TPSA) is 123 Å². The van der Waals surface area contributed by atoms with Crippen LogP contribution in [0.25, 0.3) is 0 Å². The van der Waals surface area contributed by atoms with Crippen molar-refractivity contribution in [2.75, 3.05) is 0 Å². The van der Waals surface area contributed by atoms with Gasteiger partial charge in [-0.2, -0.15) is 0 Å². The van der Waals surface area contributed by atoms with Gasteiger partial charge < -0.3 is 15.8 Å². The van der Waals surface area contributed by atoms with Crippen molar-refractivity contribution in [3.05, 3.63) is 64.7 Å². The molecule has 0 saturated carbocycles. The standard InChI is InChI=1S/C18H19ClN4O4/c1-11(21-18(20)26)16(24)22-23-17(25)13-4-2-12(3-5-13)10-27-15-8-6-14(19)7-9-15/h2-9,11H,10H2,1H3,(H,22,24)(H,23,25)(H3,20,21,26). The number of hydrogen-bond acceptors (Lipinski definition) is 4. The summed E-state index contributed by atoms with van der Waals surface area (Å²) >= 11 is 5.82. The Morgan fingerprint density at radius 3 is 2.26 bits per heavy atom. The highest BCUT2D eigenvalue weighted by Crippen LogP contribution is 2.17. The first-order valence-electron chi connectivity index (χ1n) is 7.98. The van der Waals surface area contributed by atoms with Gasteiger partial charge in [-0.3, -0.25) is 20.4 Å². The molecule has 0 aliphatic carbocycles. The molecule has 0 bridgehead atoms. The summed E-state index contributed by atoms with van der Waals surface area (Å²) in [7, 11) is 0. The first-order valence-corrected chi connectivity index (χ1v) is 8.36. The Kier molecular flexibility index (Phi) is 7.01. The monoisotopic (exact) mass is 390 g/mol. The fourth-order valence-electron chi connectivity index (χ4n) is 2.03. The summed E-state index contributed by atoms with van der Waals surface area (Å²) in [6, 6.07) is 12.0. The average molecular weight is 391 g/mol. The van der Waals surface area contributed by atoms with Crippen LogP contribution in [-0.4, -0.2) is 23.9 Å². The molecule has 9 heteroatoms. The van der Waals surface area contributed by atoms with Gasteiger partial charge in [-0.1, -0.05) is 23.7 Å². The smallest absolute Gasteiger partial charge is 0.312 e. The zero-order valence-corrected chi connectivity index (χ0v) is 15.2. The van der Waals surface area contributed by atoms with Crippen molar-refractivity contribution in [2.45, 2.75) is 19.6 Å². The number of benzene rings is 2. The van der Waals surface area contributed by atoms with Gasteiger partial charge in [0.05, 0.1) is 0 Å². The summed E-state index contributed by atoms with van der Waals surface area (Å²) in [5.41, 5.74) is 10.6. The molecule has 0 heterocycles. The van der Waals surface area contributed by atoms with Crippen LogP contribution in [0.4, 0.5) is 4.79 Å². The summed E-state index contributed by atoms with van der Waals surface area (Å²) in [6.07, 6.45) is 0. The van der Waals surface area contributed by atoms with Gasteiger partial charge in [-0.05, 0) is 48.9 Å². The molecular formula is C18H19ClN4O4. The third-order valence-corrected chi connectivity index (χ3v) is 3.74. The zero-order valence-electron chi connectivity index (χ0n) is 14.5. The highest BCUT2D eigenvalue weighted by Gasteiger charge is 2.15. The van der Waals surface area contributed by atoms with E-state index in [1.807, 2.05) is 0 Å². The summed E-state index contributed by atoms with van der Waals surface area (Å²) in [6.45, 7) is 1.76. The van der Waals surface area contributed by atoms with Crippen molar-refractivity contribution in [3.8, 4) is 5.75 Å². The predicted molar refractivity (Wildman–Crippen MR) is 100 cm³/mol. The molecule has 1 atom stereocenters. The number of carbonyl (C=O) groups excluding carboxylic acids is 3. The van der Waals surface area contributed by atoms with E-state index in [2.05, 4.69) is 16.2 Å². The van der Waals surface area contributed by atoms with Gasteiger partial charge in [0.1, 0.15) is 18.4 Å². The third-order valence-electron chi connectivity index (χ3n) is 3.49. The number of hydrazine groups is 1. The van der Waals surface area contributed by atoms with Gasteiger partial charge >= 0.3 is 6.03 Å². The molecule has 8 nitrogen and oxygen atoms in total. The number of halogens is 1. The molecule has 0 aromatic heterocycles. The molecule has 0 saturated heterocycles. The Bertz CT molecular complexity index is 809. The molecule has 1 unspecified atom stereocenters. The van der Waals surface area contributed by atoms with Crippen LogP contribution in [0.5, 0.6) is 5.75 Å². The second kappa shape index (κ2) is 9.44. The Hall–Kier alpha value is -3.26. The lowest BCUT2D eigenvalue weighted by Gasteiger charge is -2.13. The molecule has 5 N–H and O–H groups in total. The van der Waals surface area contributed by atoms with E-state index in [1.54, 1.807) is 48.5 Å². The molecule has 2 aromatic carbocycles. The minimum atomic E-state index is -0.879. The number of nitrogens with one attached hydrogen (secondary N) is 3. The van der Waals surface area contributed by atoms with Gasteiger partial charge in [0, 0.05) is 10.6 Å². The van der Waals surface area contributed by atoms with E-state index in [-0.39, 0.29) is 0 Å². The molecule has 2 rings (SSSR count). The van der Waals surface area contributed by atoms with E-state index in [0.29, 0.717) is 22.9 Å². The Morgan fingerprint density at radius 2 is 1.67 bits per heavy atom. The largest absolute Gasteiger partial charge is 0.489 e. The molecule has 27 heavy (non-hydrogen) atoms. The quantitative estimate of drug-likeness (QED) is 0.561. The zero-order chi connectivity index (χ0) is 19.8. The molecule has 4 amide bonds. The highest BCUT2D eigenvalue weighted by molar-refractivity contribution is 6.30. The van der Waals surface area contributed by atoms with Crippen LogP contribution >= 0.6 is 11.6 Å². The highest BCUT2D eigenvalue weighted by atomic mass is 35.5. The fraction of sp³-hybridized carbons (Fsp3) is 0.167. The number of hydrogen-bond donors (Lipinski definition) is 4. The number of urea groups is 1. The molecule has 0 aliphatic heterocycles. The third kappa shape index (κ3) is 6.52. The van der Waals surface area contributed by atoms with Crippen LogP contribution in [0.1, 0.15) is 22.8 Å². The van der Waals surface area contributed by atoms with Crippen LogP contribution in [0, 0.1) is 0 Å². The Balaban J connectivity index is 1.83. The van der Waals surface area contributed by atoms with Crippen LogP contribution in [0.15, 0.2) is 48.5 Å². The van der Waals surface area contributed by atoms with E-state index < -0.39 is 23.9 Å². The molecule has 0 aliphatic rings. The minimum Gasteiger partial charge on any atom is -0.489 e.